The summed E-state index contributed by atoms with van der Waals surface area (Å²) in [5.41, 5.74) is 7.89. The summed E-state index contributed by atoms with van der Waals surface area (Å²) in [6, 6.07) is 5.09. The lowest BCUT2D eigenvalue weighted by atomic mass is 10.1. The number of carbonyl (C=O) groups is 2. The van der Waals surface area contributed by atoms with Crippen LogP contribution in [0.2, 0.25) is 0 Å². The van der Waals surface area contributed by atoms with E-state index < -0.39 is 5.97 Å². The Kier molecular flexibility index (Phi) is 3.55. The number of rotatable bonds is 2. The van der Waals surface area contributed by atoms with Gasteiger partial charge < -0.3 is 20.6 Å². The Labute approximate surface area is 123 Å². The molecule has 2 aliphatic rings. The molecule has 1 atom stereocenters. The predicted octanol–water partition coefficient (Wildman–Crippen LogP) is 1.10. The highest BCUT2D eigenvalue weighted by Gasteiger charge is 2.31. The molecule has 1 saturated heterocycles. The molecule has 1 aromatic carbocycles. The Morgan fingerprint density at radius 2 is 2.00 bits per heavy atom. The van der Waals surface area contributed by atoms with Gasteiger partial charge >= 0.3 is 12.0 Å². The van der Waals surface area contributed by atoms with Crippen molar-refractivity contribution >= 4 is 12.0 Å². The number of carbonyl (C=O) groups excluding carboxylic acids is 1. The highest BCUT2D eigenvalue weighted by Crippen LogP contribution is 2.26. The molecule has 0 aliphatic carbocycles. The molecule has 1 unspecified atom stereocenters. The van der Waals surface area contributed by atoms with Crippen molar-refractivity contribution in [2.75, 3.05) is 19.6 Å². The van der Waals surface area contributed by atoms with Gasteiger partial charge in [-0.3, -0.25) is 0 Å². The standard InChI is InChI=1S/C15H19N3O3/c16-6-10-3-4-17(7-10)15(21)18-8-12-2-1-11(14(19)20)5-13(12)9-18/h1-2,5,10H,3-4,6-9,16H2,(H,19,20). The van der Waals surface area contributed by atoms with Gasteiger partial charge in [0.1, 0.15) is 0 Å². The minimum absolute atomic E-state index is 0.0269. The first kappa shape index (κ1) is 13.9. The van der Waals surface area contributed by atoms with E-state index in [1.807, 2.05) is 4.90 Å². The molecule has 1 fully saturated rings. The molecular formula is C15H19N3O3. The van der Waals surface area contributed by atoms with Gasteiger partial charge in [-0.2, -0.15) is 0 Å². The zero-order chi connectivity index (χ0) is 15.0. The van der Waals surface area contributed by atoms with Gasteiger partial charge in [0.25, 0.3) is 0 Å². The van der Waals surface area contributed by atoms with E-state index in [0.29, 0.717) is 25.6 Å². The lowest BCUT2D eigenvalue weighted by Crippen LogP contribution is -2.39. The molecule has 1 aromatic rings. The van der Waals surface area contributed by atoms with E-state index in [1.165, 1.54) is 0 Å². The second-order valence-corrected chi connectivity index (χ2v) is 5.76. The third kappa shape index (κ3) is 2.58. The minimum Gasteiger partial charge on any atom is -0.478 e. The quantitative estimate of drug-likeness (QED) is 0.853. The molecule has 0 radical (unpaired) electrons. The van der Waals surface area contributed by atoms with Crippen LogP contribution in [0.5, 0.6) is 0 Å². The summed E-state index contributed by atoms with van der Waals surface area (Å²) in [5.74, 6) is -0.537. The van der Waals surface area contributed by atoms with Crippen molar-refractivity contribution in [2.45, 2.75) is 19.5 Å². The van der Waals surface area contributed by atoms with E-state index in [2.05, 4.69) is 0 Å². The van der Waals surface area contributed by atoms with Crippen molar-refractivity contribution < 1.29 is 14.7 Å². The van der Waals surface area contributed by atoms with Crippen molar-refractivity contribution in [1.29, 1.82) is 0 Å². The highest BCUT2D eigenvalue weighted by molar-refractivity contribution is 5.88. The number of nitrogens with zero attached hydrogens (tertiary/aromatic N) is 2. The van der Waals surface area contributed by atoms with Crippen molar-refractivity contribution in [3.8, 4) is 0 Å². The number of nitrogens with two attached hydrogens (primary N) is 1. The van der Waals surface area contributed by atoms with Crippen LogP contribution in [0.1, 0.15) is 27.9 Å². The maximum atomic E-state index is 12.5. The molecule has 112 valence electrons. The molecule has 2 amide bonds. The van der Waals surface area contributed by atoms with E-state index in [9.17, 15) is 9.59 Å². The van der Waals surface area contributed by atoms with Gasteiger partial charge in [-0.05, 0) is 42.1 Å². The number of benzene rings is 1. The molecule has 0 aromatic heterocycles. The SMILES string of the molecule is NCC1CCN(C(=O)N2Cc3ccc(C(=O)O)cc3C2)C1. The molecular weight excluding hydrogens is 270 g/mol. The Hall–Kier alpha value is -2.08. The van der Waals surface area contributed by atoms with Gasteiger partial charge in [-0.1, -0.05) is 6.07 Å². The molecule has 0 bridgehead atoms. The van der Waals surface area contributed by atoms with E-state index in [4.69, 9.17) is 10.8 Å². The lowest BCUT2D eigenvalue weighted by molar-refractivity contribution is 0.0696. The van der Waals surface area contributed by atoms with Crippen LogP contribution in [0.3, 0.4) is 0 Å². The number of carboxylic acids is 1. The fraction of sp³-hybridized carbons (Fsp3) is 0.467. The summed E-state index contributed by atoms with van der Waals surface area (Å²) in [6.07, 6.45) is 0.964. The maximum absolute atomic E-state index is 12.5. The Morgan fingerprint density at radius 1 is 1.24 bits per heavy atom. The number of hydrogen-bond donors (Lipinski definition) is 2. The molecule has 3 rings (SSSR count). The minimum atomic E-state index is -0.937. The summed E-state index contributed by atoms with van der Waals surface area (Å²) in [5, 5.41) is 9.02. The first-order chi connectivity index (χ1) is 10.1. The summed E-state index contributed by atoms with van der Waals surface area (Å²) in [7, 11) is 0. The van der Waals surface area contributed by atoms with Crippen LogP contribution in [0, 0.1) is 5.92 Å². The molecule has 0 saturated carbocycles. The highest BCUT2D eigenvalue weighted by atomic mass is 16.4. The number of fused-ring (bicyclic) bond motifs is 1. The molecule has 21 heavy (non-hydrogen) atoms. The lowest BCUT2D eigenvalue weighted by Gasteiger charge is -2.24. The van der Waals surface area contributed by atoms with Gasteiger partial charge in [0.05, 0.1) is 5.56 Å². The fourth-order valence-electron chi connectivity index (χ4n) is 3.06. The molecule has 2 heterocycles. The van der Waals surface area contributed by atoms with E-state index in [0.717, 1.165) is 30.6 Å². The first-order valence-electron chi connectivity index (χ1n) is 7.17. The van der Waals surface area contributed by atoms with Crippen LogP contribution in [0.15, 0.2) is 18.2 Å². The molecule has 0 spiro atoms. The van der Waals surface area contributed by atoms with Gasteiger partial charge in [0.15, 0.2) is 0 Å². The van der Waals surface area contributed by atoms with Gasteiger partial charge in [-0.15, -0.1) is 0 Å². The molecule has 3 N–H and O–H groups in total. The van der Waals surface area contributed by atoms with Crippen LogP contribution < -0.4 is 5.73 Å². The van der Waals surface area contributed by atoms with Crippen LogP contribution >= 0.6 is 0 Å². The Bertz CT molecular complexity index is 588. The number of hydrogen-bond acceptors (Lipinski definition) is 3. The second-order valence-electron chi connectivity index (χ2n) is 5.76. The van der Waals surface area contributed by atoms with Crippen molar-refractivity contribution in [3.05, 3.63) is 34.9 Å². The maximum Gasteiger partial charge on any atom is 0.335 e. The zero-order valence-corrected chi connectivity index (χ0v) is 11.8. The third-order valence-electron chi connectivity index (χ3n) is 4.34. The average molecular weight is 289 g/mol. The molecule has 6 heteroatoms. The average Bonchev–Trinajstić information content (AvgIpc) is 3.11. The van der Waals surface area contributed by atoms with Crippen LogP contribution in [-0.2, 0) is 13.1 Å². The van der Waals surface area contributed by atoms with E-state index >= 15 is 0 Å². The van der Waals surface area contributed by atoms with Crippen LogP contribution in [0.4, 0.5) is 4.79 Å². The van der Waals surface area contributed by atoms with Crippen molar-refractivity contribution in [2.24, 2.45) is 11.7 Å². The van der Waals surface area contributed by atoms with E-state index in [1.54, 1.807) is 23.1 Å². The summed E-state index contributed by atoms with van der Waals surface area (Å²) < 4.78 is 0. The van der Waals surface area contributed by atoms with Crippen LogP contribution in [-0.4, -0.2) is 46.5 Å². The molecule has 2 aliphatic heterocycles. The van der Waals surface area contributed by atoms with Crippen molar-refractivity contribution in [3.63, 3.8) is 0 Å². The predicted molar refractivity (Wildman–Crippen MR) is 76.8 cm³/mol. The number of likely N-dealkylation sites (tertiary alicyclic amines) is 1. The first-order valence-corrected chi connectivity index (χ1v) is 7.17. The number of aromatic carboxylic acids is 1. The smallest absolute Gasteiger partial charge is 0.335 e. The van der Waals surface area contributed by atoms with Crippen LogP contribution in [0.25, 0.3) is 0 Å². The summed E-state index contributed by atoms with van der Waals surface area (Å²) in [4.78, 5) is 27.1. The number of amides is 2. The topological polar surface area (TPSA) is 86.9 Å². The van der Waals surface area contributed by atoms with Crippen molar-refractivity contribution in [1.82, 2.24) is 9.80 Å². The summed E-state index contributed by atoms with van der Waals surface area (Å²) >= 11 is 0. The monoisotopic (exact) mass is 289 g/mol. The number of carboxylic acid groups (broad SMARTS) is 1. The second kappa shape index (κ2) is 5.37. The Morgan fingerprint density at radius 3 is 2.67 bits per heavy atom. The summed E-state index contributed by atoms with van der Waals surface area (Å²) in [6.45, 7) is 3.14. The van der Waals surface area contributed by atoms with Gasteiger partial charge in [-0.25, -0.2) is 9.59 Å². The third-order valence-corrected chi connectivity index (χ3v) is 4.34. The van der Waals surface area contributed by atoms with E-state index in [-0.39, 0.29) is 11.6 Å². The number of urea groups is 1. The normalized spacial score (nSPS) is 20.7. The Balaban J connectivity index is 1.70. The fourth-order valence-corrected chi connectivity index (χ4v) is 3.06. The van der Waals surface area contributed by atoms with Gasteiger partial charge in [0, 0.05) is 26.2 Å². The molecule has 6 nitrogen and oxygen atoms in total. The zero-order valence-electron chi connectivity index (χ0n) is 11.8. The van der Waals surface area contributed by atoms with Gasteiger partial charge in [0.2, 0.25) is 0 Å². The largest absolute Gasteiger partial charge is 0.478 e.